The van der Waals surface area contributed by atoms with Gasteiger partial charge in [0.2, 0.25) is 5.88 Å². The number of alkyl halides is 3. The van der Waals surface area contributed by atoms with Gasteiger partial charge in [-0.15, -0.1) is 0 Å². The van der Waals surface area contributed by atoms with E-state index in [1.165, 1.54) is 19.2 Å². The number of nitrogens with zero attached hydrogens (tertiary/aromatic N) is 1. The summed E-state index contributed by atoms with van der Waals surface area (Å²) in [5, 5.41) is 2.78. The van der Waals surface area contributed by atoms with E-state index in [0.29, 0.717) is 15.9 Å². The first kappa shape index (κ1) is 15.6. The molecule has 0 aliphatic heterocycles. The fraction of sp³-hybridized carbons (Fsp3) is 0.214. The SMILES string of the molecule is COc1ncccc1CNc1cc(Br)ccc1C(F)(F)F. The molecule has 0 atom stereocenters. The van der Waals surface area contributed by atoms with Crippen LogP contribution in [0.5, 0.6) is 5.88 Å². The van der Waals surface area contributed by atoms with E-state index in [-0.39, 0.29) is 12.2 Å². The minimum Gasteiger partial charge on any atom is -0.481 e. The number of ether oxygens (including phenoxy) is 1. The highest BCUT2D eigenvalue weighted by Crippen LogP contribution is 2.36. The van der Waals surface area contributed by atoms with E-state index in [1.807, 2.05) is 0 Å². The normalized spacial score (nSPS) is 11.3. The second-order valence-electron chi connectivity index (χ2n) is 4.21. The summed E-state index contributed by atoms with van der Waals surface area (Å²) in [6.07, 6.45) is -2.86. The zero-order chi connectivity index (χ0) is 15.5. The minimum absolute atomic E-state index is 0.00258. The van der Waals surface area contributed by atoms with E-state index >= 15 is 0 Å². The molecule has 2 aromatic rings. The van der Waals surface area contributed by atoms with Crippen molar-refractivity contribution in [3.63, 3.8) is 0 Å². The molecular formula is C14H12BrF3N2O. The van der Waals surface area contributed by atoms with Gasteiger partial charge in [0.05, 0.1) is 12.7 Å². The van der Waals surface area contributed by atoms with Crippen molar-refractivity contribution in [2.75, 3.05) is 12.4 Å². The Balaban J connectivity index is 2.25. The smallest absolute Gasteiger partial charge is 0.418 e. The molecule has 0 radical (unpaired) electrons. The third-order valence-electron chi connectivity index (χ3n) is 2.80. The van der Waals surface area contributed by atoms with Crippen molar-refractivity contribution in [1.29, 1.82) is 0 Å². The average molecular weight is 361 g/mol. The summed E-state index contributed by atoms with van der Waals surface area (Å²) in [5.74, 6) is 0.383. The number of rotatable bonds is 4. The Bertz CT molecular complexity index is 632. The Labute approximate surface area is 128 Å². The van der Waals surface area contributed by atoms with E-state index in [1.54, 1.807) is 18.3 Å². The van der Waals surface area contributed by atoms with Gasteiger partial charge in [-0.25, -0.2) is 4.98 Å². The van der Waals surface area contributed by atoms with Crippen molar-refractivity contribution in [3.8, 4) is 5.88 Å². The predicted octanol–water partition coefficient (Wildman–Crippen LogP) is 4.48. The number of hydrogen-bond donors (Lipinski definition) is 1. The van der Waals surface area contributed by atoms with Crippen molar-refractivity contribution < 1.29 is 17.9 Å². The third kappa shape index (κ3) is 3.87. The highest BCUT2D eigenvalue weighted by molar-refractivity contribution is 9.10. The lowest BCUT2D eigenvalue weighted by atomic mass is 10.1. The van der Waals surface area contributed by atoms with Gasteiger partial charge in [-0.05, 0) is 24.3 Å². The van der Waals surface area contributed by atoms with Crippen LogP contribution in [0.4, 0.5) is 18.9 Å². The molecule has 0 fully saturated rings. The molecule has 21 heavy (non-hydrogen) atoms. The molecule has 1 aromatic heterocycles. The predicted molar refractivity (Wildman–Crippen MR) is 77.3 cm³/mol. The molecule has 2 rings (SSSR count). The molecule has 0 amide bonds. The van der Waals surface area contributed by atoms with Gasteiger partial charge < -0.3 is 10.1 Å². The summed E-state index contributed by atoms with van der Waals surface area (Å²) in [5.41, 5.74) is -0.0376. The van der Waals surface area contributed by atoms with Gasteiger partial charge in [-0.3, -0.25) is 0 Å². The molecule has 3 nitrogen and oxygen atoms in total. The Morgan fingerprint density at radius 2 is 2.05 bits per heavy atom. The van der Waals surface area contributed by atoms with Gasteiger partial charge >= 0.3 is 6.18 Å². The van der Waals surface area contributed by atoms with Gasteiger partial charge in [-0.1, -0.05) is 22.0 Å². The first-order valence-electron chi connectivity index (χ1n) is 6.00. The molecule has 7 heteroatoms. The van der Waals surface area contributed by atoms with Gasteiger partial charge in [0.15, 0.2) is 0 Å². The molecule has 1 N–H and O–H groups in total. The molecule has 0 aliphatic carbocycles. The first-order valence-corrected chi connectivity index (χ1v) is 6.79. The van der Waals surface area contributed by atoms with Crippen molar-refractivity contribution in [3.05, 3.63) is 52.1 Å². The maximum Gasteiger partial charge on any atom is 0.418 e. The summed E-state index contributed by atoms with van der Waals surface area (Å²) in [6, 6.07) is 7.23. The lowest BCUT2D eigenvalue weighted by molar-refractivity contribution is -0.137. The van der Waals surface area contributed by atoms with E-state index < -0.39 is 11.7 Å². The van der Waals surface area contributed by atoms with Crippen LogP contribution in [0.15, 0.2) is 41.0 Å². The second-order valence-corrected chi connectivity index (χ2v) is 5.13. The van der Waals surface area contributed by atoms with Crippen molar-refractivity contribution in [2.45, 2.75) is 12.7 Å². The molecule has 0 bridgehead atoms. The van der Waals surface area contributed by atoms with Crippen LogP contribution >= 0.6 is 15.9 Å². The zero-order valence-corrected chi connectivity index (χ0v) is 12.6. The fourth-order valence-electron chi connectivity index (χ4n) is 1.84. The molecule has 1 aromatic carbocycles. The molecular weight excluding hydrogens is 349 g/mol. The van der Waals surface area contributed by atoms with Crippen LogP contribution in [0.2, 0.25) is 0 Å². The fourth-order valence-corrected chi connectivity index (χ4v) is 2.20. The van der Waals surface area contributed by atoms with Crippen LogP contribution in [0.25, 0.3) is 0 Å². The van der Waals surface area contributed by atoms with Gasteiger partial charge in [0, 0.05) is 28.5 Å². The van der Waals surface area contributed by atoms with E-state index in [9.17, 15) is 13.2 Å². The van der Waals surface area contributed by atoms with Crippen molar-refractivity contribution >= 4 is 21.6 Å². The number of hydrogen-bond acceptors (Lipinski definition) is 3. The quantitative estimate of drug-likeness (QED) is 0.872. The standard InChI is InChI=1S/C14H12BrF3N2O/c1-21-13-9(3-2-6-19-13)8-20-12-7-10(15)4-5-11(12)14(16,17)18/h2-7,20H,8H2,1H3. The van der Waals surface area contributed by atoms with Crippen LogP contribution in [0, 0.1) is 0 Å². The molecule has 0 saturated carbocycles. The number of benzene rings is 1. The van der Waals surface area contributed by atoms with Crippen LogP contribution in [0.1, 0.15) is 11.1 Å². The highest BCUT2D eigenvalue weighted by Gasteiger charge is 2.33. The van der Waals surface area contributed by atoms with Crippen LogP contribution in [0.3, 0.4) is 0 Å². The minimum atomic E-state index is -4.41. The summed E-state index contributed by atoms with van der Waals surface area (Å²) in [7, 11) is 1.46. The Morgan fingerprint density at radius 1 is 1.29 bits per heavy atom. The number of pyridine rings is 1. The number of aromatic nitrogens is 1. The summed E-state index contributed by atoms with van der Waals surface area (Å²) < 4.78 is 44.5. The lowest BCUT2D eigenvalue weighted by Gasteiger charge is -2.15. The molecule has 0 saturated heterocycles. The van der Waals surface area contributed by atoms with Crippen LogP contribution < -0.4 is 10.1 Å². The number of nitrogens with one attached hydrogen (secondary N) is 1. The van der Waals surface area contributed by atoms with Crippen molar-refractivity contribution in [2.24, 2.45) is 0 Å². The summed E-state index contributed by atoms with van der Waals surface area (Å²) >= 11 is 3.17. The number of halogens is 4. The van der Waals surface area contributed by atoms with Crippen LogP contribution in [-0.4, -0.2) is 12.1 Å². The number of methoxy groups -OCH3 is 1. The molecule has 0 spiro atoms. The Hall–Kier alpha value is -1.76. The van der Waals surface area contributed by atoms with E-state index in [0.717, 1.165) is 6.07 Å². The third-order valence-corrected chi connectivity index (χ3v) is 3.29. The first-order chi connectivity index (χ1) is 9.91. The van der Waals surface area contributed by atoms with Crippen molar-refractivity contribution in [1.82, 2.24) is 4.98 Å². The monoisotopic (exact) mass is 360 g/mol. The maximum absolute atomic E-state index is 13.0. The molecule has 0 unspecified atom stereocenters. The van der Waals surface area contributed by atoms with Gasteiger partial charge in [0.1, 0.15) is 0 Å². The van der Waals surface area contributed by atoms with Crippen LogP contribution in [-0.2, 0) is 12.7 Å². The largest absolute Gasteiger partial charge is 0.481 e. The molecule has 1 heterocycles. The lowest BCUT2D eigenvalue weighted by Crippen LogP contribution is -2.11. The Morgan fingerprint density at radius 3 is 2.71 bits per heavy atom. The topological polar surface area (TPSA) is 34.1 Å². The van der Waals surface area contributed by atoms with Gasteiger partial charge in [-0.2, -0.15) is 13.2 Å². The van der Waals surface area contributed by atoms with E-state index in [2.05, 4.69) is 26.2 Å². The Kier molecular flexibility index (Phi) is 4.72. The maximum atomic E-state index is 13.0. The average Bonchev–Trinajstić information content (AvgIpc) is 2.44. The number of anilines is 1. The molecule has 0 aliphatic rings. The summed E-state index contributed by atoms with van der Waals surface area (Å²) in [6.45, 7) is 0.177. The highest BCUT2D eigenvalue weighted by atomic mass is 79.9. The summed E-state index contributed by atoms with van der Waals surface area (Å²) in [4.78, 5) is 4.00. The second kappa shape index (κ2) is 6.34. The molecule has 112 valence electrons. The van der Waals surface area contributed by atoms with Gasteiger partial charge in [0.25, 0.3) is 0 Å². The zero-order valence-electron chi connectivity index (χ0n) is 11.0. The van der Waals surface area contributed by atoms with E-state index in [4.69, 9.17) is 4.74 Å².